The van der Waals surface area contributed by atoms with Gasteiger partial charge in [-0.25, -0.2) is 0 Å². The largest absolute Gasteiger partial charge is 0.367 e. The molecular formula is C7H13NS2. The van der Waals surface area contributed by atoms with Gasteiger partial charge in [-0.3, -0.25) is 0 Å². The SMILES string of the molecule is CCC(C)[C@H]1CSC(=S)N1. The minimum Gasteiger partial charge on any atom is -0.367 e. The quantitative estimate of drug-likeness (QED) is 0.645. The predicted molar refractivity (Wildman–Crippen MR) is 51.4 cm³/mol. The zero-order valence-electron chi connectivity index (χ0n) is 6.39. The van der Waals surface area contributed by atoms with Crippen molar-refractivity contribution in [3.8, 4) is 0 Å². The first kappa shape index (κ1) is 8.34. The fourth-order valence-corrected chi connectivity index (χ4v) is 2.32. The number of thiocarbonyl (C=S) groups is 1. The summed E-state index contributed by atoms with van der Waals surface area (Å²) < 4.78 is 0.977. The molecule has 0 radical (unpaired) electrons. The summed E-state index contributed by atoms with van der Waals surface area (Å²) in [7, 11) is 0. The normalized spacial score (nSPS) is 28.2. The van der Waals surface area contributed by atoms with Gasteiger partial charge in [0.1, 0.15) is 4.32 Å². The van der Waals surface area contributed by atoms with Crippen molar-refractivity contribution in [1.29, 1.82) is 0 Å². The molecule has 0 bridgehead atoms. The van der Waals surface area contributed by atoms with Crippen LogP contribution < -0.4 is 5.32 Å². The van der Waals surface area contributed by atoms with E-state index in [4.69, 9.17) is 12.2 Å². The minimum absolute atomic E-state index is 0.627. The Morgan fingerprint density at radius 1 is 1.90 bits per heavy atom. The Bertz CT molecular complexity index is 136. The van der Waals surface area contributed by atoms with Gasteiger partial charge in [-0.2, -0.15) is 0 Å². The zero-order chi connectivity index (χ0) is 7.56. The number of hydrogen-bond acceptors (Lipinski definition) is 2. The van der Waals surface area contributed by atoms with Gasteiger partial charge in [-0.1, -0.05) is 44.2 Å². The van der Waals surface area contributed by atoms with Crippen molar-refractivity contribution >= 4 is 28.3 Å². The molecule has 0 aliphatic carbocycles. The third-order valence-electron chi connectivity index (χ3n) is 2.03. The Balaban J connectivity index is 2.36. The Labute approximate surface area is 72.0 Å². The third-order valence-corrected chi connectivity index (χ3v) is 3.41. The summed E-state index contributed by atoms with van der Waals surface area (Å²) >= 11 is 6.78. The van der Waals surface area contributed by atoms with Crippen LogP contribution in [-0.4, -0.2) is 16.1 Å². The highest BCUT2D eigenvalue weighted by Crippen LogP contribution is 2.20. The monoisotopic (exact) mass is 175 g/mol. The summed E-state index contributed by atoms with van der Waals surface area (Å²) in [5.41, 5.74) is 0. The predicted octanol–water partition coefficient (Wildman–Crippen LogP) is 2.02. The van der Waals surface area contributed by atoms with Crippen LogP contribution in [0.4, 0.5) is 0 Å². The number of hydrogen-bond donors (Lipinski definition) is 1. The Morgan fingerprint density at radius 2 is 2.60 bits per heavy atom. The second-order valence-corrected chi connectivity index (χ2v) is 4.43. The van der Waals surface area contributed by atoms with Crippen LogP contribution in [-0.2, 0) is 0 Å². The zero-order valence-corrected chi connectivity index (χ0v) is 8.02. The van der Waals surface area contributed by atoms with Gasteiger partial charge >= 0.3 is 0 Å². The Morgan fingerprint density at radius 3 is 3.00 bits per heavy atom. The van der Waals surface area contributed by atoms with Crippen LogP contribution in [0.5, 0.6) is 0 Å². The topological polar surface area (TPSA) is 12.0 Å². The maximum absolute atomic E-state index is 5.02. The third kappa shape index (κ3) is 1.86. The van der Waals surface area contributed by atoms with Crippen molar-refractivity contribution in [3.63, 3.8) is 0 Å². The van der Waals surface area contributed by atoms with E-state index < -0.39 is 0 Å². The molecule has 0 spiro atoms. The molecule has 1 aliphatic rings. The first-order chi connectivity index (χ1) is 4.74. The average molecular weight is 175 g/mol. The number of thioether (sulfide) groups is 1. The van der Waals surface area contributed by atoms with Crippen LogP contribution in [0.25, 0.3) is 0 Å². The lowest BCUT2D eigenvalue weighted by atomic mass is 10.0. The van der Waals surface area contributed by atoms with E-state index in [1.165, 1.54) is 6.42 Å². The molecule has 1 saturated heterocycles. The van der Waals surface area contributed by atoms with Crippen molar-refractivity contribution in [1.82, 2.24) is 5.32 Å². The average Bonchev–Trinajstić information content (AvgIpc) is 2.34. The molecule has 0 aromatic rings. The van der Waals surface area contributed by atoms with Crippen molar-refractivity contribution in [2.45, 2.75) is 26.3 Å². The molecule has 10 heavy (non-hydrogen) atoms. The number of nitrogens with one attached hydrogen (secondary N) is 1. The summed E-state index contributed by atoms with van der Waals surface area (Å²) in [5.74, 6) is 1.92. The van der Waals surface area contributed by atoms with Crippen molar-refractivity contribution in [2.24, 2.45) is 5.92 Å². The van der Waals surface area contributed by atoms with Crippen molar-refractivity contribution < 1.29 is 0 Å². The molecule has 1 fully saturated rings. The van der Waals surface area contributed by atoms with Crippen LogP contribution in [0, 0.1) is 5.92 Å². The molecular weight excluding hydrogens is 162 g/mol. The van der Waals surface area contributed by atoms with Gasteiger partial charge in [0.05, 0.1) is 0 Å². The van der Waals surface area contributed by atoms with Crippen LogP contribution in [0.3, 0.4) is 0 Å². The lowest BCUT2D eigenvalue weighted by Crippen LogP contribution is -2.31. The molecule has 3 heteroatoms. The lowest BCUT2D eigenvalue weighted by Gasteiger charge is -2.16. The van der Waals surface area contributed by atoms with E-state index in [0.29, 0.717) is 6.04 Å². The fraction of sp³-hybridized carbons (Fsp3) is 0.857. The molecule has 0 saturated carbocycles. The van der Waals surface area contributed by atoms with Gasteiger partial charge in [0.25, 0.3) is 0 Å². The summed E-state index contributed by atoms with van der Waals surface area (Å²) in [6, 6.07) is 0.627. The van der Waals surface area contributed by atoms with Gasteiger partial charge < -0.3 is 5.32 Å². The molecule has 1 aliphatic heterocycles. The van der Waals surface area contributed by atoms with E-state index in [1.54, 1.807) is 11.8 Å². The van der Waals surface area contributed by atoms with E-state index in [2.05, 4.69) is 19.2 Å². The second kappa shape index (κ2) is 3.58. The summed E-state index contributed by atoms with van der Waals surface area (Å²) in [6.45, 7) is 4.49. The Kier molecular flexibility index (Phi) is 2.98. The van der Waals surface area contributed by atoms with Gasteiger partial charge in [-0.05, 0) is 5.92 Å². The molecule has 0 aromatic heterocycles. The van der Waals surface area contributed by atoms with Crippen molar-refractivity contribution in [3.05, 3.63) is 0 Å². The molecule has 1 nitrogen and oxygen atoms in total. The van der Waals surface area contributed by atoms with Gasteiger partial charge in [0.2, 0.25) is 0 Å². The molecule has 2 atom stereocenters. The minimum atomic E-state index is 0.627. The molecule has 1 N–H and O–H groups in total. The van der Waals surface area contributed by atoms with Gasteiger partial charge in [-0.15, -0.1) is 0 Å². The molecule has 0 amide bonds. The van der Waals surface area contributed by atoms with E-state index in [0.717, 1.165) is 16.0 Å². The lowest BCUT2D eigenvalue weighted by molar-refractivity contribution is 0.451. The fourth-order valence-electron chi connectivity index (χ4n) is 0.991. The van der Waals surface area contributed by atoms with Gasteiger partial charge in [0, 0.05) is 11.8 Å². The first-order valence-electron chi connectivity index (χ1n) is 3.67. The maximum atomic E-state index is 5.02. The standard InChI is InChI=1S/C7H13NS2/c1-3-5(2)6-4-10-7(9)8-6/h5-6H,3-4H2,1-2H3,(H,8,9)/t5?,6-/m1/s1. The second-order valence-electron chi connectivity index (χ2n) is 2.73. The molecule has 1 rings (SSSR count). The molecule has 58 valence electrons. The van der Waals surface area contributed by atoms with Crippen LogP contribution in [0.15, 0.2) is 0 Å². The highest BCUT2D eigenvalue weighted by atomic mass is 32.2. The molecule has 0 aromatic carbocycles. The van der Waals surface area contributed by atoms with E-state index in [1.807, 2.05) is 0 Å². The summed E-state index contributed by atoms with van der Waals surface area (Å²) in [4.78, 5) is 0. The summed E-state index contributed by atoms with van der Waals surface area (Å²) in [5, 5.41) is 3.30. The smallest absolute Gasteiger partial charge is 0.134 e. The first-order valence-corrected chi connectivity index (χ1v) is 5.06. The summed E-state index contributed by atoms with van der Waals surface area (Å²) in [6.07, 6.45) is 1.24. The van der Waals surface area contributed by atoms with Crippen LogP contribution in [0.1, 0.15) is 20.3 Å². The van der Waals surface area contributed by atoms with E-state index in [-0.39, 0.29) is 0 Å². The number of rotatable bonds is 2. The van der Waals surface area contributed by atoms with E-state index >= 15 is 0 Å². The molecule has 1 heterocycles. The van der Waals surface area contributed by atoms with E-state index in [9.17, 15) is 0 Å². The maximum Gasteiger partial charge on any atom is 0.134 e. The van der Waals surface area contributed by atoms with Crippen LogP contribution >= 0.6 is 24.0 Å². The Hall–Kier alpha value is 0.240. The van der Waals surface area contributed by atoms with Crippen molar-refractivity contribution in [2.75, 3.05) is 5.75 Å². The highest BCUT2D eigenvalue weighted by Gasteiger charge is 2.22. The molecule has 1 unspecified atom stereocenters. The highest BCUT2D eigenvalue weighted by molar-refractivity contribution is 8.23. The van der Waals surface area contributed by atoms with Crippen LogP contribution in [0.2, 0.25) is 0 Å². The van der Waals surface area contributed by atoms with Gasteiger partial charge in [0.15, 0.2) is 0 Å².